The maximum Gasteiger partial charge on any atom is 0.148 e. The van der Waals surface area contributed by atoms with Crippen LogP contribution in [-0.2, 0) is 6.42 Å². The van der Waals surface area contributed by atoms with Crippen LogP contribution in [0.1, 0.15) is 38.1 Å². The molecule has 6 heteroatoms. The van der Waals surface area contributed by atoms with Crippen LogP contribution in [0.5, 0.6) is 0 Å². The first-order valence-electron chi connectivity index (χ1n) is 7.36. The number of piperidine rings is 1. The summed E-state index contributed by atoms with van der Waals surface area (Å²) in [6, 6.07) is 1.06. The number of nitrogens with two attached hydrogens (primary N) is 1. The summed E-state index contributed by atoms with van der Waals surface area (Å²) in [5.74, 6) is 7.97. The molecule has 1 fully saturated rings. The van der Waals surface area contributed by atoms with Gasteiger partial charge in [0.05, 0.1) is 0 Å². The Kier molecular flexibility index (Phi) is 4.77. The highest BCUT2D eigenvalue weighted by molar-refractivity contribution is 5.57. The van der Waals surface area contributed by atoms with Crippen LogP contribution in [-0.4, -0.2) is 40.5 Å². The zero-order valence-electron chi connectivity index (χ0n) is 12.9. The van der Waals surface area contributed by atoms with Crippen molar-refractivity contribution in [3.8, 4) is 0 Å². The van der Waals surface area contributed by atoms with Gasteiger partial charge in [0.2, 0.25) is 0 Å². The van der Waals surface area contributed by atoms with Crippen LogP contribution in [0.15, 0.2) is 0 Å². The maximum absolute atomic E-state index is 5.54. The molecule has 0 amide bonds. The molecule has 0 aliphatic carbocycles. The number of hydrogen-bond donors (Lipinski definition) is 3. The third-order valence-corrected chi connectivity index (χ3v) is 4.19. The molecule has 1 aliphatic rings. The Morgan fingerprint density at radius 2 is 2.05 bits per heavy atom. The molecular weight excluding hydrogens is 252 g/mol. The number of aromatic nitrogens is 2. The zero-order chi connectivity index (χ0) is 14.7. The van der Waals surface area contributed by atoms with Gasteiger partial charge in [-0.1, -0.05) is 6.92 Å². The lowest BCUT2D eigenvalue weighted by Crippen LogP contribution is -2.42. The van der Waals surface area contributed by atoms with Crippen molar-refractivity contribution in [3.05, 3.63) is 11.4 Å². The Hall–Kier alpha value is -1.40. The van der Waals surface area contributed by atoms with Crippen LogP contribution in [0.25, 0.3) is 0 Å². The van der Waals surface area contributed by atoms with Gasteiger partial charge < -0.3 is 15.6 Å². The van der Waals surface area contributed by atoms with Crippen molar-refractivity contribution in [1.82, 2.24) is 14.9 Å². The second kappa shape index (κ2) is 6.37. The summed E-state index contributed by atoms with van der Waals surface area (Å²) in [6.07, 6.45) is 3.07. The number of likely N-dealkylation sites (tertiary alicyclic amines) is 1. The van der Waals surface area contributed by atoms with Crippen molar-refractivity contribution < 1.29 is 0 Å². The third kappa shape index (κ3) is 3.19. The first-order chi connectivity index (χ1) is 9.55. The van der Waals surface area contributed by atoms with E-state index in [0.717, 1.165) is 43.0 Å². The van der Waals surface area contributed by atoms with Gasteiger partial charge in [0.1, 0.15) is 17.5 Å². The fraction of sp³-hybridized carbons (Fsp3) is 0.714. The van der Waals surface area contributed by atoms with Crippen LogP contribution in [0.4, 0.5) is 11.6 Å². The normalized spacial score (nSPS) is 23.6. The highest BCUT2D eigenvalue weighted by atomic mass is 15.3. The van der Waals surface area contributed by atoms with E-state index in [4.69, 9.17) is 5.84 Å². The Labute approximate surface area is 121 Å². The van der Waals surface area contributed by atoms with E-state index in [1.165, 1.54) is 0 Å². The van der Waals surface area contributed by atoms with E-state index in [1.54, 1.807) is 0 Å². The summed E-state index contributed by atoms with van der Waals surface area (Å²) in [7, 11) is 2.18. The molecule has 2 unspecified atom stereocenters. The van der Waals surface area contributed by atoms with Gasteiger partial charge in [0, 0.05) is 30.6 Å². The number of aryl methyl sites for hydroxylation is 1. The predicted molar refractivity (Wildman–Crippen MR) is 82.7 cm³/mol. The Balaban J connectivity index is 2.16. The topological polar surface area (TPSA) is 79.1 Å². The van der Waals surface area contributed by atoms with Gasteiger partial charge in [-0.05, 0) is 33.7 Å². The molecule has 0 spiro atoms. The Morgan fingerprint density at radius 1 is 1.35 bits per heavy atom. The van der Waals surface area contributed by atoms with Crippen molar-refractivity contribution in [2.75, 3.05) is 24.3 Å². The average Bonchev–Trinajstić information content (AvgIpc) is 2.45. The van der Waals surface area contributed by atoms with Crippen LogP contribution in [0.3, 0.4) is 0 Å². The van der Waals surface area contributed by atoms with Gasteiger partial charge in [-0.3, -0.25) is 0 Å². The molecule has 0 bridgehead atoms. The fourth-order valence-electron chi connectivity index (χ4n) is 2.62. The molecule has 2 heterocycles. The molecule has 112 valence electrons. The number of anilines is 2. The lowest BCUT2D eigenvalue weighted by atomic mass is 9.99. The number of nitrogens with zero attached hydrogens (tertiary/aromatic N) is 3. The molecule has 0 radical (unpaired) electrons. The zero-order valence-corrected chi connectivity index (χ0v) is 12.9. The molecule has 1 aromatic heterocycles. The van der Waals surface area contributed by atoms with Crippen LogP contribution in [0.2, 0.25) is 0 Å². The van der Waals surface area contributed by atoms with Crippen LogP contribution >= 0.6 is 0 Å². The van der Waals surface area contributed by atoms with Crippen molar-refractivity contribution in [2.45, 2.75) is 52.1 Å². The molecule has 2 rings (SSSR count). The molecule has 4 N–H and O–H groups in total. The highest BCUT2D eigenvalue weighted by Gasteiger charge is 2.23. The van der Waals surface area contributed by atoms with E-state index in [9.17, 15) is 0 Å². The summed E-state index contributed by atoms with van der Waals surface area (Å²) in [5.41, 5.74) is 3.65. The van der Waals surface area contributed by atoms with E-state index >= 15 is 0 Å². The molecule has 2 atom stereocenters. The van der Waals surface area contributed by atoms with Gasteiger partial charge in [-0.25, -0.2) is 15.8 Å². The monoisotopic (exact) mass is 278 g/mol. The van der Waals surface area contributed by atoms with Gasteiger partial charge in [0.15, 0.2) is 0 Å². The van der Waals surface area contributed by atoms with Crippen molar-refractivity contribution in [1.29, 1.82) is 0 Å². The smallest absolute Gasteiger partial charge is 0.148 e. The van der Waals surface area contributed by atoms with Crippen LogP contribution < -0.4 is 16.6 Å². The fourth-order valence-corrected chi connectivity index (χ4v) is 2.62. The molecule has 1 aliphatic heterocycles. The lowest BCUT2D eigenvalue weighted by molar-refractivity contribution is 0.190. The molecule has 0 saturated carbocycles. The second-order valence-electron chi connectivity index (χ2n) is 5.66. The summed E-state index contributed by atoms with van der Waals surface area (Å²) in [4.78, 5) is 11.4. The minimum absolute atomic E-state index is 0.463. The van der Waals surface area contributed by atoms with E-state index in [1.807, 2.05) is 13.8 Å². The second-order valence-corrected chi connectivity index (χ2v) is 5.66. The summed E-state index contributed by atoms with van der Waals surface area (Å²) in [6.45, 7) is 7.43. The Morgan fingerprint density at radius 3 is 2.65 bits per heavy atom. The Bertz CT molecular complexity index is 461. The maximum atomic E-state index is 5.54. The predicted octanol–water partition coefficient (Wildman–Crippen LogP) is 1.53. The number of nitrogens with one attached hydrogen (secondary N) is 2. The minimum Gasteiger partial charge on any atom is -0.367 e. The summed E-state index contributed by atoms with van der Waals surface area (Å²) in [5, 5.41) is 3.58. The van der Waals surface area contributed by atoms with Gasteiger partial charge >= 0.3 is 0 Å². The molecule has 1 aromatic rings. The van der Waals surface area contributed by atoms with Crippen molar-refractivity contribution >= 4 is 11.6 Å². The minimum atomic E-state index is 0.463. The van der Waals surface area contributed by atoms with Gasteiger partial charge in [0.25, 0.3) is 0 Å². The van der Waals surface area contributed by atoms with E-state index in [2.05, 4.69) is 39.6 Å². The SMILES string of the molecule is CCc1nc(NN)c(C)c(NC2CCN(C)C(C)C2)n1. The highest BCUT2D eigenvalue weighted by Crippen LogP contribution is 2.24. The van der Waals surface area contributed by atoms with E-state index in [-0.39, 0.29) is 0 Å². The summed E-state index contributed by atoms with van der Waals surface area (Å²) >= 11 is 0. The third-order valence-electron chi connectivity index (χ3n) is 4.19. The van der Waals surface area contributed by atoms with Gasteiger partial charge in [-0.15, -0.1) is 0 Å². The van der Waals surface area contributed by atoms with Crippen molar-refractivity contribution in [2.24, 2.45) is 5.84 Å². The number of hydrogen-bond acceptors (Lipinski definition) is 6. The van der Waals surface area contributed by atoms with Gasteiger partial charge in [-0.2, -0.15) is 0 Å². The van der Waals surface area contributed by atoms with E-state index in [0.29, 0.717) is 17.9 Å². The first-order valence-corrected chi connectivity index (χ1v) is 7.36. The number of hydrazine groups is 1. The standard InChI is InChI=1S/C14H26N6/c1-5-12-17-13(10(3)14(18-12)19-15)16-11-6-7-20(4)9(2)8-11/h9,11H,5-8,15H2,1-4H3,(H2,16,17,18,19). The largest absolute Gasteiger partial charge is 0.367 e. The molecule has 6 nitrogen and oxygen atoms in total. The number of nitrogen functional groups attached to an aromatic ring is 1. The van der Waals surface area contributed by atoms with Crippen LogP contribution in [0, 0.1) is 6.92 Å². The molecule has 0 aromatic carbocycles. The molecule has 20 heavy (non-hydrogen) atoms. The number of rotatable bonds is 4. The quantitative estimate of drug-likeness (QED) is 0.572. The summed E-state index contributed by atoms with van der Waals surface area (Å²) < 4.78 is 0. The lowest BCUT2D eigenvalue weighted by Gasteiger charge is -2.35. The average molecular weight is 278 g/mol. The molecular formula is C14H26N6. The molecule has 1 saturated heterocycles. The van der Waals surface area contributed by atoms with E-state index < -0.39 is 0 Å². The first kappa shape index (κ1) is 15.0. The van der Waals surface area contributed by atoms with Crippen molar-refractivity contribution in [3.63, 3.8) is 0 Å².